The van der Waals surface area contributed by atoms with Gasteiger partial charge in [-0.2, -0.15) is 0 Å². The minimum absolute atomic E-state index is 0.183. The standard InChI is InChI=1S/C11H24N2O2/c1-5-11(4,15)7-13-10(14)9(12)6-8(2)3/h8-9,15H,5-7,12H2,1-4H3,(H,13,14)/t9-,11?/m1/s1. The van der Waals surface area contributed by atoms with Crippen molar-refractivity contribution in [3.63, 3.8) is 0 Å². The van der Waals surface area contributed by atoms with Crippen LogP contribution in [0.3, 0.4) is 0 Å². The summed E-state index contributed by atoms with van der Waals surface area (Å²) in [6.07, 6.45) is 1.27. The maximum absolute atomic E-state index is 11.5. The highest BCUT2D eigenvalue weighted by Gasteiger charge is 2.21. The van der Waals surface area contributed by atoms with E-state index in [1.54, 1.807) is 6.92 Å². The molecule has 0 aliphatic carbocycles. The summed E-state index contributed by atoms with van der Waals surface area (Å²) in [4.78, 5) is 11.5. The van der Waals surface area contributed by atoms with E-state index < -0.39 is 11.6 Å². The third-order valence-corrected chi connectivity index (χ3v) is 2.47. The van der Waals surface area contributed by atoms with Crippen molar-refractivity contribution < 1.29 is 9.90 Å². The zero-order valence-corrected chi connectivity index (χ0v) is 10.2. The molecule has 15 heavy (non-hydrogen) atoms. The zero-order valence-electron chi connectivity index (χ0n) is 10.2. The van der Waals surface area contributed by atoms with Crippen molar-refractivity contribution in [2.45, 2.75) is 52.2 Å². The third-order valence-electron chi connectivity index (χ3n) is 2.47. The Morgan fingerprint density at radius 3 is 2.47 bits per heavy atom. The van der Waals surface area contributed by atoms with E-state index in [2.05, 4.69) is 5.32 Å². The first-order chi connectivity index (χ1) is 6.78. The van der Waals surface area contributed by atoms with Gasteiger partial charge in [-0.15, -0.1) is 0 Å². The summed E-state index contributed by atoms with van der Waals surface area (Å²) in [7, 11) is 0. The fourth-order valence-corrected chi connectivity index (χ4v) is 1.15. The molecule has 2 atom stereocenters. The van der Waals surface area contributed by atoms with Crippen molar-refractivity contribution in [2.24, 2.45) is 11.7 Å². The smallest absolute Gasteiger partial charge is 0.237 e. The van der Waals surface area contributed by atoms with E-state index in [1.807, 2.05) is 20.8 Å². The quantitative estimate of drug-likeness (QED) is 0.610. The molecule has 0 saturated heterocycles. The molecular formula is C11H24N2O2. The van der Waals surface area contributed by atoms with E-state index in [0.717, 1.165) is 0 Å². The molecule has 0 heterocycles. The van der Waals surface area contributed by atoms with Gasteiger partial charge in [-0.25, -0.2) is 0 Å². The Balaban J connectivity index is 3.93. The lowest BCUT2D eigenvalue weighted by Gasteiger charge is -2.23. The SMILES string of the molecule is CCC(C)(O)CNC(=O)[C@H](N)CC(C)C. The number of hydrogen-bond donors (Lipinski definition) is 3. The number of hydrogen-bond acceptors (Lipinski definition) is 3. The number of nitrogens with two attached hydrogens (primary N) is 1. The Labute approximate surface area is 92.2 Å². The Morgan fingerprint density at radius 1 is 1.53 bits per heavy atom. The van der Waals surface area contributed by atoms with E-state index in [0.29, 0.717) is 18.8 Å². The van der Waals surface area contributed by atoms with Crippen LogP contribution >= 0.6 is 0 Å². The first kappa shape index (κ1) is 14.4. The number of carbonyl (C=O) groups is 1. The monoisotopic (exact) mass is 216 g/mol. The van der Waals surface area contributed by atoms with Crippen molar-refractivity contribution in [3.8, 4) is 0 Å². The Hall–Kier alpha value is -0.610. The van der Waals surface area contributed by atoms with Crippen LogP contribution in [-0.4, -0.2) is 29.2 Å². The average molecular weight is 216 g/mol. The summed E-state index contributed by atoms with van der Waals surface area (Å²) in [5.41, 5.74) is 4.86. The summed E-state index contributed by atoms with van der Waals surface area (Å²) in [5.74, 6) is 0.217. The van der Waals surface area contributed by atoms with Crippen molar-refractivity contribution in [2.75, 3.05) is 6.54 Å². The zero-order chi connectivity index (χ0) is 12.1. The third kappa shape index (κ3) is 6.47. The highest BCUT2D eigenvalue weighted by molar-refractivity contribution is 5.81. The average Bonchev–Trinajstić information content (AvgIpc) is 2.13. The van der Waals surface area contributed by atoms with Gasteiger partial charge in [0.25, 0.3) is 0 Å². The molecule has 0 fully saturated rings. The maximum Gasteiger partial charge on any atom is 0.237 e. The molecule has 0 aliphatic heterocycles. The normalized spacial score (nSPS) is 17.3. The first-order valence-corrected chi connectivity index (χ1v) is 5.54. The van der Waals surface area contributed by atoms with Gasteiger partial charge >= 0.3 is 0 Å². The summed E-state index contributed by atoms with van der Waals surface area (Å²) < 4.78 is 0. The summed E-state index contributed by atoms with van der Waals surface area (Å²) in [5, 5.41) is 12.3. The molecule has 4 heteroatoms. The number of rotatable bonds is 6. The molecule has 0 aromatic carbocycles. The Morgan fingerprint density at radius 2 is 2.07 bits per heavy atom. The molecule has 0 saturated carbocycles. The molecular weight excluding hydrogens is 192 g/mol. The van der Waals surface area contributed by atoms with Crippen LogP contribution in [0.5, 0.6) is 0 Å². The second kappa shape index (κ2) is 6.08. The van der Waals surface area contributed by atoms with Crippen LogP contribution < -0.4 is 11.1 Å². The molecule has 0 spiro atoms. The topological polar surface area (TPSA) is 75.3 Å². The van der Waals surface area contributed by atoms with Gasteiger partial charge in [-0.1, -0.05) is 20.8 Å². The van der Waals surface area contributed by atoms with Gasteiger partial charge in [0.15, 0.2) is 0 Å². The molecule has 0 bridgehead atoms. The molecule has 0 aromatic rings. The number of amides is 1. The minimum atomic E-state index is -0.840. The minimum Gasteiger partial charge on any atom is -0.388 e. The van der Waals surface area contributed by atoms with E-state index in [-0.39, 0.29) is 12.5 Å². The summed E-state index contributed by atoms with van der Waals surface area (Å²) in [6, 6.07) is -0.474. The van der Waals surface area contributed by atoms with Crippen LogP contribution in [0.1, 0.15) is 40.5 Å². The summed E-state index contributed by atoms with van der Waals surface area (Å²) in [6.45, 7) is 7.88. The number of aliphatic hydroxyl groups is 1. The predicted octanol–water partition coefficient (Wildman–Crippen LogP) is 0.637. The number of nitrogens with one attached hydrogen (secondary N) is 1. The number of carbonyl (C=O) groups excluding carboxylic acids is 1. The van der Waals surface area contributed by atoms with Crippen LogP contribution in [0.2, 0.25) is 0 Å². The fourth-order valence-electron chi connectivity index (χ4n) is 1.15. The van der Waals surface area contributed by atoms with Gasteiger partial charge < -0.3 is 16.2 Å². The Bertz CT molecular complexity index is 203. The van der Waals surface area contributed by atoms with Crippen LogP contribution in [-0.2, 0) is 4.79 Å². The second-order valence-electron chi connectivity index (χ2n) is 4.80. The molecule has 4 nitrogen and oxygen atoms in total. The maximum atomic E-state index is 11.5. The molecule has 90 valence electrons. The van der Waals surface area contributed by atoms with Gasteiger partial charge in [0, 0.05) is 6.54 Å². The van der Waals surface area contributed by atoms with E-state index in [1.165, 1.54) is 0 Å². The van der Waals surface area contributed by atoms with Gasteiger partial charge in [-0.3, -0.25) is 4.79 Å². The lowest BCUT2D eigenvalue weighted by molar-refractivity contribution is -0.123. The van der Waals surface area contributed by atoms with E-state index >= 15 is 0 Å². The van der Waals surface area contributed by atoms with Gasteiger partial charge in [0.05, 0.1) is 11.6 Å². The molecule has 4 N–H and O–H groups in total. The van der Waals surface area contributed by atoms with Gasteiger partial charge in [0.1, 0.15) is 0 Å². The van der Waals surface area contributed by atoms with Gasteiger partial charge in [0.2, 0.25) is 5.91 Å². The van der Waals surface area contributed by atoms with E-state index in [4.69, 9.17) is 5.73 Å². The van der Waals surface area contributed by atoms with Crippen LogP contribution in [0.4, 0.5) is 0 Å². The van der Waals surface area contributed by atoms with Crippen LogP contribution in [0.15, 0.2) is 0 Å². The van der Waals surface area contributed by atoms with Gasteiger partial charge in [-0.05, 0) is 25.7 Å². The molecule has 0 aliphatic rings. The lowest BCUT2D eigenvalue weighted by Crippen LogP contribution is -2.47. The van der Waals surface area contributed by atoms with Crippen molar-refractivity contribution in [1.82, 2.24) is 5.32 Å². The predicted molar refractivity (Wildman–Crippen MR) is 61.4 cm³/mol. The van der Waals surface area contributed by atoms with Crippen molar-refractivity contribution in [1.29, 1.82) is 0 Å². The van der Waals surface area contributed by atoms with Crippen molar-refractivity contribution in [3.05, 3.63) is 0 Å². The fraction of sp³-hybridized carbons (Fsp3) is 0.909. The first-order valence-electron chi connectivity index (χ1n) is 5.54. The van der Waals surface area contributed by atoms with Crippen LogP contribution in [0, 0.1) is 5.92 Å². The van der Waals surface area contributed by atoms with E-state index in [9.17, 15) is 9.90 Å². The highest BCUT2D eigenvalue weighted by atomic mass is 16.3. The largest absolute Gasteiger partial charge is 0.388 e. The molecule has 1 amide bonds. The highest BCUT2D eigenvalue weighted by Crippen LogP contribution is 2.07. The second-order valence-corrected chi connectivity index (χ2v) is 4.80. The van der Waals surface area contributed by atoms with Crippen molar-refractivity contribution >= 4 is 5.91 Å². The molecule has 0 rings (SSSR count). The molecule has 1 unspecified atom stereocenters. The molecule has 0 aromatic heterocycles. The molecule has 0 radical (unpaired) electrons. The Kier molecular flexibility index (Phi) is 5.83. The van der Waals surface area contributed by atoms with Crippen LogP contribution in [0.25, 0.3) is 0 Å². The lowest BCUT2D eigenvalue weighted by atomic mass is 10.0. The summed E-state index contributed by atoms with van der Waals surface area (Å²) >= 11 is 0.